The molecular formula is C13H21N3. The molecule has 88 valence electrons. The van der Waals surface area contributed by atoms with E-state index in [1.54, 1.807) is 0 Å². The van der Waals surface area contributed by atoms with Crippen LogP contribution in [-0.2, 0) is 0 Å². The van der Waals surface area contributed by atoms with E-state index in [2.05, 4.69) is 35.1 Å². The molecule has 1 aliphatic rings. The van der Waals surface area contributed by atoms with E-state index in [4.69, 9.17) is 0 Å². The monoisotopic (exact) mass is 219 g/mol. The normalized spacial score (nSPS) is 21.2. The summed E-state index contributed by atoms with van der Waals surface area (Å²) in [4.78, 5) is 6.82. The Morgan fingerprint density at radius 3 is 3.12 bits per heavy atom. The highest BCUT2D eigenvalue weighted by Gasteiger charge is 2.20. The van der Waals surface area contributed by atoms with Gasteiger partial charge in [0.05, 0.1) is 0 Å². The first-order chi connectivity index (χ1) is 7.78. The van der Waals surface area contributed by atoms with E-state index in [0.717, 1.165) is 18.3 Å². The second-order valence-electron chi connectivity index (χ2n) is 4.65. The van der Waals surface area contributed by atoms with Crippen molar-refractivity contribution in [1.82, 2.24) is 9.88 Å². The van der Waals surface area contributed by atoms with Crippen molar-refractivity contribution in [2.75, 3.05) is 31.5 Å². The molecule has 0 aromatic carbocycles. The second-order valence-corrected chi connectivity index (χ2v) is 4.65. The number of anilines is 1. The van der Waals surface area contributed by atoms with Gasteiger partial charge in [-0.2, -0.15) is 0 Å². The third-order valence-electron chi connectivity index (χ3n) is 3.30. The molecular weight excluding hydrogens is 198 g/mol. The summed E-state index contributed by atoms with van der Waals surface area (Å²) in [6.07, 6.45) is 3.18. The minimum absolute atomic E-state index is 0.780. The Morgan fingerprint density at radius 1 is 1.56 bits per heavy atom. The standard InChI is InChI=1S/C13H21N3/c1-3-16-7-5-12(10-16)9-15-13-8-11(2)4-6-14-13/h4,6,8,12H,3,5,7,9-10H2,1-2H3,(H,14,15). The highest BCUT2D eigenvalue weighted by atomic mass is 15.1. The Labute approximate surface area is 97.9 Å². The average Bonchev–Trinajstić information content (AvgIpc) is 2.74. The first-order valence-corrected chi connectivity index (χ1v) is 6.17. The summed E-state index contributed by atoms with van der Waals surface area (Å²) in [5.41, 5.74) is 1.26. The van der Waals surface area contributed by atoms with E-state index >= 15 is 0 Å². The number of likely N-dealkylation sites (tertiary alicyclic amines) is 1. The smallest absolute Gasteiger partial charge is 0.126 e. The molecule has 0 saturated carbocycles. The van der Waals surface area contributed by atoms with Crippen molar-refractivity contribution < 1.29 is 0 Å². The molecule has 2 rings (SSSR count). The first-order valence-electron chi connectivity index (χ1n) is 6.17. The number of nitrogens with one attached hydrogen (secondary N) is 1. The fourth-order valence-electron chi connectivity index (χ4n) is 2.25. The van der Waals surface area contributed by atoms with Crippen LogP contribution in [0.15, 0.2) is 18.3 Å². The van der Waals surface area contributed by atoms with Crippen molar-refractivity contribution in [3.8, 4) is 0 Å². The molecule has 1 saturated heterocycles. The lowest BCUT2D eigenvalue weighted by atomic mass is 10.1. The molecule has 0 amide bonds. The maximum absolute atomic E-state index is 4.31. The Kier molecular flexibility index (Phi) is 3.78. The fourth-order valence-corrected chi connectivity index (χ4v) is 2.25. The minimum Gasteiger partial charge on any atom is -0.370 e. The molecule has 0 spiro atoms. The Morgan fingerprint density at radius 2 is 2.44 bits per heavy atom. The van der Waals surface area contributed by atoms with E-state index in [1.165, 1.54) is 31.6 Å². The highest BCUT2D eigenvalue weighted by Crippen LogP contribution is 2.16. The summed E-state index contributed by atoms with van der Waals surface area (Å²) in [7, 11) is 0. The summed E-state index contributed by atoms with van der Waals surface area (Å²) in [6, 6.07) is 4.13. The average molecular weight is 219 g/mol. The lowest BCUT2D eigenvalue weighted by Gasteiger charge is -2.14. The predicted molar refractivity (Wildman–Crippen MR) is 67.7 cm³/mol. The van der Waals surface area contributed by atoms with Gasteiger partial charge in [0.2, 0.25) is 0 Å². The zero-order chi connectivity index (χ0) is 11.4. The molecule has 0 bridgehead atoms. The van der Waals surface area contributed by atoms with Crippen LogP contribution in [0.3, 0.4) is 0 Å². The van der Waals surface area contributed by atoms with Gasteiger partial charge in [-0.15, -0.1) is 0 Å². The molecule has 16 heavy (non-hydrogen) atoms. The lowest BCUT2D eigenvalue weighted by molar-refractivity contribution is 0.345. The van der Waals surface area contributed by atoms with Crippen LogP contribution in [0.2, 0.25) is 0 Å². The van der Waals surface area contributed by atoms with E-state index in [-0.39, 0.29) is 0 Å². The Balaban J connectivity index is 1.80. The third kappa shape index (κ3) is 2.95. The summed E-state index contributed by atoms with van der Waals surface area (Å²) in [6.45, 7) is 9.05. The van der Waals surface area contributed by atoms with Crippen LogP contribution in [0.25, 0.3) is 0 Å². The summed E-state index contributed by atoms with van der Waals surface area (Å²) in [5, 5.41) is 3.43. The maximum atomic E-state index is 4.31. The lowest BCUT2D eigenvalue weighted by Crippen LogP contribution is -2.22. The molecule has 0 radical (unpaired) electrons. The SMILES string of the molecule is CCN1CCC(CNc2cc(C)ccn2)C1. The van der Waals surface area contributed by atoms with Crippen LogP contribution in [0.4, 0.5) is 5.82 Å². The third-order valence-corrected chi connectivity index (χ3v) is 3.30. The van der Waals surface area contributed by atoms with Crippen molar-refractivity contribution in [3.05, 3.63) is 23.9 Å². The Hall–Kier alpha value is -1.09. The molecule has 1 atom stereocenters. The molecule has 3 nitrogen and oxygen atoms in total. The molecule has 1 unspecified atom stereocenters. The molecule has 0 aliphatic carbocycles. The Bertz CT molecular complexity index is 338. The van der Waals surface area contributed by atoms with Crippen LogP contribution in [0.5, 0.6) is 0 Å². The molecule has 3 heteroatoms. The van der Waals surface area contributed by atoms with Gasteiger partial charge in [-0.25, -0.2) is 4.98 Å². The number of nitrogens with zero attached hydrogens (tertiary/aromatic N) is 2. The van der Waals surface area contributed by atoms with Crippen LogP contribution >= 0.6 is 0 Å². The zero-order valence-electron chi connectivity index (χ0n) is 10.2. The number of hydrogen-bond donors (Lipinski definition) is 1. The van der Waals surface area contributed by atoms with Gasteiger partial charge in [-0.1, -0.05) is 6.92 Å². The summed E-state index contributed by atoms with van der Waals surface area (Å²) < 4.78 is 0. The van der Waals surface area contributed by atoms with Gasteiger partial charge in [0.15, 0.2) is 0 Å². The van der Waals surface area contributed by atoms with Crippen LogP contribution in [0.1, 0.15) is 18.9 Å². The van der Waals surface area contributed by atoms with E-state index in [0.29, 0.717) is 0 Å². The maximum Gasteiger partial charge on any atom is 0.126 e. The number of hydrogen-bond acceptors (Lipinski definition) is 3. The minimum atomic E-state index is 0.780. The highest BCUT2D eigenvalue weighted by molar-refractivity contribution is 5.36. The number of aromatic nitrogens is 1. The van der Waals surface area contributed by atoms with Gasteiger partial charge in [-0.3, -0.25) is 0 Å². The van der Waals surface area contributed by atoms with Crippen molar-refractivity contribution in [2.45, 2.75) is 20.3 Å². The van der Waals surface area contributed by atoms with Gasteiger partial charge < -0.3 is 10.2 Å². The molecule has 1 N–H and O–H groups in total. The summed E-state index contributed by atoms with van der Waals surface area (Å²) >= 11 is 0. The van der Waals surface area contributed by atoms with Crippen molar-refractivity contribution in [2.24, 2.45) is 5.92 Å². The van der Waals surface area contributed by atoms with Crippen LogP contribution in [-0.4, -0.2) is 36.1 Å². The first kappa shape index (κ1) is 11.4. The van der Waals surface area contributed by atoms with E-state index < -0.39 is 0 Å². The number of pyridine rings is 1. The van der Waals surface area contributed by atoms with Crippen molar-refractivity contribution in [1.29, 1.82) is 0 Å². The largest absolute Gasteiger partial charge is 0.370 e. The van der Waals surface area contributed by atoms with E-state index in [1.807, 2.05) is 12.3 Å². The molecule has 1 aliphatic heterocycles. The van der Waals surface area contributed by atoms with Crippen LogP contribution < -0.4 is 5.32 Å². The quantitative estimate of drug-likeness (QED) is 0.841. The number of aryl methyl sites for hydroxylation is 1. The van der Waals surface area contributed by atoms with Gasteiger partial charge in [-0.05, 0) is 50.0 Å². The fraction of sp³-hybridized carbons (Fsp3) is 0.615. The van der Waals surface area contributed by atoms with Gasteiger partial charge in [0, 0.05) is 19.3 Å². The van der Waals surface area contributed by atoms with Gasteiger partial charge >= 0.3 is 0 Å². The van der Waals surface area contributed by atoms with Crippen molar-refractivity contribution in [3.63, 3.8) is 0 Å². The predicted octanol–water partition coefficient (Wildman–Crippen LogP) is 2.14. The molecule has 2 heterocycles. The summed E-state index contributed by atoms with van der Waals surface area (Å²) in [5.74, 6) is 1.79. The molecule has 1 aromatic heterocycles. The van der Waals surface area contributed by atoms with Gasteiger partial charge in [0.25, 0.3) is 0 Å². The van der Waals surface area contributed by atoms with Gasteiger partial charge in [0.1, 0.15) is 5.82 Å². The number of rotatable bonds is 4. The zero-order valence-corrected chi connectivity index (χ0v) is 10.2. The second kappa shape index (κ2) is 5.30. The molecule has 1 fully saturated rings. The topological polar surface area (TPSA) is 28.2 Å². The van der Waals surface area contributed by atoms with E-state index in [9.17, 15) is 0 Å². The molecule has 1 aromatic rings. The van der Waals surface area contributed by atoms with Crippen molar-refractivity contribution >= 4 is 5.82 Å². The van der Waals surface area contributed by atoms with Crippen LogP contribution in [0, 0.1) is 12.8 Å².